The molecule has 1 aliphatic rings. The van der Waals surface area contributed by atoms with Crippen molar-refractivity contribution in [2.24, 2.45) is 0 Å². The zero-order valence-corrected chi connectivity index (χ0v) is 10.8. The van der Waals surface area contributed by atoms with Crippen molar-refractivity contribution in [1.29, 1.82) is 0 Å². The highest BCUT2D eigenvalue weighted by molar-refractivity contribution is 5.61. The molecule has 1 fully saturated rings. The van der Waals surface area contributed by atoms with Crippen LogP contribution in [0, 0.1) is 0 Å². The van der Waals surface area contributed by atoms with Gasteiger partial charge in [0, 0.05) is 0 Å². The molecule has 0 spiro atoms. The molecule has 1 aliphatic heterocycles. The first-order valence-corrected chi connectivity index (χ1v) is 5.96. The maximum atomic E-state index is 9.80. The van der Waals surface area contributed by atoms with Crippen molar-refractivity contribution in [3.8, 4) is 11.5 Å². The number of cyclic esters (lactones) is 2. The molecule has 5 nitrogen and oxygen atoms in total. The predicted octanol–water partition coefficient (Wildman–Crippen LogP) is 2.94. The number of ether oxygens (including phenoxy) is 2. The Kier molecular flexibility index (Phi) is 7.12. The van der Waals surface area contributed by atoms with Crippen LogP contribution in [0.3, 0.4) is 0 Å². The quantitative estimate of drug-likeness (QED) is 0.723. The number of hydrogen-bond donors (Lipinski definition) is 2. The minimum absolute atomic E-state index is 0.322. The molecule has 2 aromatic carbocycles. The molecule has 3 rings (SSSR count). The smallest absolute Gasteiger partial charge is 0.508 e. The van der Waals surface area contributed by atoms with Crippen molar-refractivity contribution in [3.05, 3.63) is 60.7 Å². The number of phenols is 2. The van der Waals surface area contributed by atoms with Crippen LogP contribution in [0.4, 0.5) is 4.79 Å². The van der Waals surface area contributed by atoms with E-state index >= 15 is 0 Å². The third-order valence-corrected chi connectivity index (χ3v) is 2.04. The van der Waals surface area contributed by atoms with Gasteiger partial charge in [-0.2, -0.15) is 0 Å². The Morgan fingerprint density at radius 1 is 0.700 bits per heavy atom. The fourth-order valence-corrected chi connectivity index (χ4v) is 1.15. The van der Waals surface area contributed by atoms with Crippen LogP contribution >= 0.6 is 0 Å². The van der Waals surface area contributed by atoms with E-state index in [9.17, 15) is 4.79 Å². The predicted molar refractivity (Wildman–Crippen MR) is 73.5 cm³/mol. The highest BCUT2D eigenvalue weighted by atomic mass is 16.8. The molecule has 106 valence electrons. The number of benzene rings is 2. The van der Waals surface area contributed by atoms with Gasteiger partial charge >= 0.3 is 6.16 Å². The first-order valence-electron chi connectivity index (χ1n) is 5.96. The molecule has 2 aromatic rings. The molecule has 0 aromatic heterocycles. The van der Waals surface area contributed by atoms with Crippen molar-refractivity contribution in [2.45, 2.75) is 0 Å². The van der Waals surface area contributed by atoms with Gasteiger partial charge in [-0.25, -0.2) is 4.79 Å². The first kappa shape index (κ1) is 15.4. The van der Waals surface area contributed by atoms with E-state index in [1.54, 1.807) is 48.5 Å². The fourth-order valence-electron chi connectivity index (χ4n) is 1.15. The zero-order valence-electron chi connectivity index (χ0n) is 10.8. The molecule has 0 saturated carbocycles. The standard InChI is InChI=1S/2C6H6O.C3H4O3/c2*7-6-4-2-1-3-5-6;4-3-5-1-2-6-3/h2*1-5,7H;1-2H2. The molecule has 20 heavy (non-hydrogen) atoms. The normalized spacial score (nSPS) is 11.9. The van der Waals surface area contributed by atoms with Crippen LogP contribution in [0.1, 0.15) is 0 Å². The van der Waals surface area contributed by atoms with Crippen molar-refractivity contribution < 1.29 is 24.5 Å². The summed E-state index contributed by atoms with van der Waals surface area (Å²) in [5.74, 6) is 0.644. The van der Waals surface area contributed by atoms with Gasteiger partial charge in [-0.15, -0.1) is 0 Å². The van der Waals surface area contributed by atoms with E-state index in [0.29, 0.717) is 24.7 Å². The summed E-state index contributed by atoms with van der Waals surface area (Å²) in [4.78, 5) is 9.80. The first-order chi connectivity index (χ1) is 9.68. The van der Waals surface area contributed by atoms with Crippen LogP contribution in [-0.4, -0.2) is 29.6 Å². The van der Waals surface area contributed by atoms with Crippen LogP contribution in [-0.2, 0) is 9.47 Å². The Hall–Kier alpha value is -2.69. The number of phenolic OH excluding ortho intramolecular Hbond substituents is 2. The lowest BCUT2D eigenvalue weighted by Crippen LogP contribution is -1.88. The largest absolute Gasteiger partial charge is 0.508 e. The summed E-state index contributed by atoms with van der Waals surface area (Å²) >= 11 is 0. The fraction of sp³-hybridized carbons (Fsp3) is 0.133. The van der Waals surface area contributed by atoms with Crippen LogP contribution in [0.25, 0.3) is 0 Å². The molecular weight excluding hydrogens is 260 g/mol. The molecular formula is C15H16O5. The number of aromatic hydroxyl groups is 2. The van der Waals surface area contributed by atoms with Gasteiger partial charge in [0.2, 0.25) is 0 Å². The molecule has 0 radical (unpaired) electrons. The minimum atomic E-state index is -0.546. The monoisotopic (exact) mass is 276 g/mol. The van der Waals surface area contributed by atoms with E-state index < -0.39 is 6.16 Å². The Labute approximate surface area is 117 Å². The van der Waals surface area contributed by atoms with Crippen LogP contribution in [0.5, 0.6) is 11.5 Å². The van der Waals surface area contributed by atoms with Crippen molar-refractivity contribution in [3.63, 3.8) is 0 Å². The van der Waals surface area contributed by atoms with E-state index in [4.69, 9.17) is 10.2 Å². The van der Waals surface area contributed by atoms with E-state index in [-0.39, 0.29) is 0 Å². The summed E-state index contributed by atoms with van der Waals surface area (Å²) in [7, 11) is 0. The number of hydrogen-bond acceptors (Lipinski definition) is 5. The molecule has 5 heteroatoms. The average Bonchev–Trinajstić information content (AvgIpc) is 2.93. The van der Waals surface area contributed by atoms with Gasteiger partial charge < -0.3 is 19.7 Å². The summed E-state index contributed by atoms with van der Waals surface area (Å²) < 4.78 is 8.58. The molecule has 0 atom stereocenters. The second-order valence-electron chi connectivity index (χ2n) is 3.62. The molecule has 0 aliphatic carbocycles. The topological polar surface area (TPSA) is 76.0 Å². The van der Waals surface area contributed by atoms with Crippen molar-refractivity contribution in [2.75, 3.05) is 13.2 Å². The van der Waals surface area contributed by atoms with Gasteiger partial charge in [-0.05, 0) is 24.3 Å². The summed E-state index contributed by atoms with van der Waals surface area (Å²) in [6.07, 6.45) is -0.546. The van der Waals surface area contributed by atoms with Gasteiger partial charge in [-0.3, -0.25) is 0 Å². The summed E-state index contributed by atoms with van der Waals surface area (Å²) in [5, 5.41) is 17.3. The molecule has 0 amide bonds. The Balaban J connectivity index is 0.000000151. The van der Waals surface area contributed by atoms with Crippen LogP contribution in [0.15, 0.2) is 60.7 Å². The van der Waals surface area contributed by atoms with Gasteiger partial charge in [0.1, 0.15) is 24.7 Å². The maximum absolute atomic E-state index is 9.80. The van der Waals surface area contributed by atoms with Gasteiger partial charge in [0.15, 0.2) is 0 Å². The van der Waals surface area contributed by atoms with E-state index in [1.165, 1.54) is 0 Å². The molecule has 1 saturated heterocycles. The number of para-hydroxylation sites is 2. The van der Waals surface area contributed by atoms with Crippen molar-refractivity contribution >= 4 is 6.16 Å². The van der Waals surface area contributed by atoms with E-state index in [0.717, 1.165) is 0 Å². The van der Waals surface area contributed by atoms with Crippen LogP contribution in [0.2, 0.25) is 0 Å². The second kappa shape index (κ2) is 9.27. The zero-order chi connectivity index (χ0) is 14.6. The third-order valence-electron chi connectivity index (χ3n) is 2.04. The summed E-state index contributed by atoms with van der Waals surface area (Å²) in [5.41, 5.74) is 0. The lowest BCUT2D eigenvalue weighted by Gasteiger charge is -1.82. The lowest BCUT2D eigenvalue weighted by molar-refractivity contribution is 0.131. The highest BCUT2D eigenvalue weighted by Crippen LogP contribution is 2.03. The SMILES string of the molecule is O=C1OCCO1.Oc1ccccc1.Oc1ccccc1. The molecule has 0 unspecified atom stereocenters. The molecule has 1 heterocycles. The number of carbonyl (C=O) groups is 1. The van der Waals surface area contributed by atoms with E-state index in [1.807, 2.05) is 12.1 Å². The average molecular weight is 276 g/mol. The Morgan fingerprint density at radius 2 is 1.05 bits per heavy atom. The molecule has 2 N–H and O–H groups in total. The van der Waals surface area contributed by atoms with Crippen molar-refractivity contribution in [1.82, 2.24) is 0 Å². The maximum Gasteiger partial charge on any atom is 0.508 e. The van der Waals surface area contributed by atoms with Gasteiger partial charge in [-0.1, -0.05) is 36.4 Å². The highest BCUT2D eigenvalue weighted by Gasteiger charge is 2.09. The summed E-state index contributed by atoms with van der Waals surface area (Å²) in [6, 6.07) is 17.4. The van der Waals surface area contributed by atoms with Gasteiger partial charge in [0.25, 0.3) is 0 Å². The lowest BCUT2D eigenvalue weighted by atomic mass is 10.3. The third kappa shape index (κ3) is 7.60. The Morgan fingerprint density at radius 3 is 1.20 bits per heavy atom. The minimum Gasteiger partial charge on any atom is -0.508 e. The van der Waals surface area contributed by atoms with E-state index in [2.05, 4.69) is 9.47 Å². The molecule has 0 bridgehead atoms. The number of rotatable bonds is 0. The van der Waals surface area contributed by atoms with Crippen LogP contribution < -0.4 is 0 Å². The second-order valence-corrected chi connectivity index (χ2v) is 3.62. The Bertz CT molecular complexity index is 439. The van der Waals surface area contributed by atoms with Gasteiger partial charge in [0.05, 0.1) is 0 Å². The summed E-state index contributed by atoms with van der Waals surface area (Å²) in [6.45, 7) is 0.831. The number of carbonyl (C=O) groups excluding carboxylic acids is 1.